The summed E-state index contributed by atoms with van der Waals surface area (Å²) >= 11 is 11.6. The first-order chi connectivity index (χ1) is 12.1. The zero-order valence-electron chi connectivity index (χ0n) is 14.3. The van der Waals surface area contributed by atoms with Crippen LogP contribution in [0, 0.1) is 13.8 Å². The monoisotopic (exact) mass is 398 g/mol. The fourth-order valence-corrected chi connectivity index (χ4v) is 3.00. The van der Waals surface area contributed by atoms with Crippen molar-refractivity contribution in [1.82, 2.24) is 0 Å². The van der Waals surface area contributed by atoms with Crippen molar-refractivity contribution < 1.29 is 19.8 Å². The van der Waals surface area contributed by atoms with Crippen LogP contribution in [0.1, 0.15) is 43.0 Å². The smallest absolute Gasteiger partial charge is 0.337 e. The second-order valence-electron chi connectivity index (χ2n) is 5.46. The van der Waals surface area contributed by atoms with Gasteiger partial charge in [0.1, 0.15) is 0 Å². The number of hydrogen-bond donors (Lipinski definition) is 4. The first-order valence-corrected chi connectivity index (χ1v) is 8.33. The fourth-order valence-electron chi connectivity index (χ4n) is 2.34. The molecule has 0 saturated carbocycles. The second kappa shape index (κ2) is 9.54. The van der Waals surface area contributed by atoms with E-state index in [1.807, 2.05) is 0 Å². The molecule has 140 valence electrons. The zero-order chi connectivity index (χ0) is 20.0. The minimum absolute atomic E-state index is 0.143. The number of benzene rings is 2. The lowest BCUT2D eigenvalue weighted by Gasteiger charge is -2.07. The molecule has 0 unspecified atom stereocenters. The molecular weight excluding hydrogens is 379 g/mol. The molecule has 26 heavy (non-hydrogen) atoms. The maximum atomic E-state index is 10.8. The Balaban J connectivity index is 0.000000260. The van der Waals surface area contributed by atoms with Crippen molar-refractivity contribution >= 4 is 35.1 Å². The first-order valence-electron chi connectivity index (χ1n) is 7.58. The Morgan fingerprint density at radius 2 is 1.38 bits per heavy atom. The van der Waals surface area contributed by atoms with E-state index in [-0.39, 0.29) is 27.7 Å². The van der Waals surface area contributed by atoms with Gasteiger partial charge in [0.05, 0.1) is 21.2 Å². The molecule has 0 bridgehead atoms. The number of carboxylic acids is 2. The summed E-state index contributed by atoms with van der Waals surface area (Å²) in [5, 5.41) is 18.2. The van der Waals surface area contributed by atoms with Crippen molar-refractivity contribution in [3.05, 3.63) is 67.7 Å². The van der Waals surface area contributed by atoms with E-state index in [1.165, 1.54) is 0 Å². The molecule has 0 aliphatic rings. The highest BCUT2D eigenvalue weighted by Gasteiger charge is 2.15. The molecule has 0 saturated heterocycles. The Morgan fingerprint density at radius 3 is 1.85 bits per heavy atom. The van der Waals surface area contributed by atoms with Crippen LogP contribution in [0.5, 0.6) is 0 Å². The molecule has 0 atom stereocenters. The van der Waals surface area contributed by atoms with E-state index in [2.05, 4.69) is 0 Å². The molecule has 0 fully saturated rings. The van der Waals surface area contributed by atoms with Gasteiger partial charge in [-0.15, -0.1) is 0 Å². The SMILES string of the molecule is Cc1c(CN)ccc(Cl)c1C(=O)O.Cc1ccc(CN)c(Cl)c1C(=O)O. The summed E-state index contributed by atoms with van der Waals surface area (Å²) in [5.41, 5.74) is 13.9. The molecule has 0 aromatic heterocycles. The molecule has 0 aliphatic heterocycles. The molecule has 8 heteroatoms. The van der Waals surface area contributed by atoms with Gasteiger partial charge in [-0.05, 0) is 42.2 Å². The Labute approximate surface area is 161 Å². The average Bonchev–Trinajstić information content (AvgIpc) is 2.55. The van der Waals surface area contributed by atoms with Gasteiger partial charge in [0, 0.05) is 13.1 Å². The standard InChI is InChI=1S/2C9H10ClNO2/c1-5-6(4-11)2-3-7(10)8(5)9(12)13;1-5-2-3-6(4-11)8(10)7(5)9(12)13/h2*2-3H,4,11H2,1H3,(H,12,13). The molecule has 2 aromatic rings. The lowest BCUT2D eigenvalue weighted by molar-refractivity contribution is 0.0685. The quantitative estimate of drug-likeness (QED) is 0.622. The lowest BCUT2D eigenvalue weighted by Crippen LogP contribution is -2.06. The number of aromatic carboxylic acids is 2. The van der Waals surface area contributed by atoms with Gasteiger partial charge in [-0.25, -0.2) is 9.59 Å². The van der Waals surface area contributed by atoms with Crippen LogP contribution < -0.4 is 11.5 Å². The Bertz CT molecular complexity index is 769. The van der Waals surface area contributed by atoms with Gasteiger partial charge in [-0.2, -0.15) is 0 Å². The summed E-state index contributed by atoms with van der Waals surface area (Å²) in [5.74, 6) is -2.03. The highest BCUT2D eigenvalue weighted by atomic mass is 35.5. The molecule has 6 nitrogen and oxygen atoms in total. The molecule has 0 amide bonds. The molecule has 0 radical (unpaired) electrons. The van der Waals surface area contributed by atoms with Crippen LogP contribution >= 0.6 is 23.2 Å². The molecule has 2 aromatic carbocycles. The summed E-state index contributed by atoms with van der Waals surface area (Å²) in [4.78, 5) is 21.6. The number of aryl methyl sites for hydroxylation is 1. The van der Waals surface area contributed by atoms with Crippen molar-refractivity contribution in [2.75, 3.05) is 0 Å². The van der Waals surface area contributed by atoms with Crippen molar-refractivity contribution in [2.45, 2.75) is 26.9 Å². The number of carboxylic acid groups (broad SMARTS) is 2. The van der Waals surface area contributed by atoms with Crippen LogP contribution in [-0.4, -0.2) is 22.2 Å². The predicted octanol–water partition coefficient (Wildman–Crippen LogP) is 3.61. The number of hydrogen-bond acceptors (Lipinski definition) is 4. The summed E-state index contributed by atoms with van der Waals surface area (Å²) in [6.45, 7) is 3.98. The fraction of sp³-hybridized carbons (Fsp3) is 0.222. The van der Waals surface area contributed by atoms with Gasteiger partial charge in [0.25, 0.3) is 0 Å². The Morgan fingerprint density at radius 1 is 0.885 bits per heavy atom. The van der Waals surface area contributed by atoms with Crippen LogP contribution in [0.4, 0.5) is 0 Å². The lowest BCUT2D eigenvalue weighted by atomic mass is 10.0. The number of rotatable bonds is 4. The summed E-state index contributed by atoms with van der Waals surface area (Å²) in [7, 11) is 0. The van der Waals surface area contributed by atoms with Crippen LogP contribution in [0.3, 0.4) is 0 Å². The summed E-state index contributed by atoms with van der Waals surface area (Å²) in [6, 6.07) is 6.74. The summed E-state index contributed by atoms with van der Waals surface area (Å²) in [6.07, 6.45) is 0. The maximum Gasteiger partial charge on any atom is 0.337 e. The van der Waals surface area contributed by atoms with Crippen LogP contribution in [-0.2, 0) is 13.1 Å². The van der Waals surface area contributed by atoms with E-state index in [9.17, 15) is 9.59 Å². The largest absolute Gasteiger partial charge is 0.478 e. The number of carbonyl (C=O) groups is 2. The maximum absolute atomic E-state index is 10.8. The van der Waals surface area contributed by atoms with Crippen LogP contribution in [0.25, 0.3) is 0 Å². The van der Waals surface area contributed by atoms with E-state index >= 15 is 0 Å². The first kappa shape index (κ1) is 21.9. The van der Waals surface area contributed by atoms with Crippen LogP contribution in [0.15, 0.2) is 24.3 Å². The third-order valence-electron chi connectivity index (χ3n) is 3.82. The normalized spacial score (nSPS) is 10.1. The van der Waals surface area contributed by atoms with Crippen molar-refractivity contribution in [2.24, 2.45) is 11.5 Å². The third kappa shape index (κ3) is 4.95. The molecule has 6 N–H and O–H groups in total. The van der Waals surface area contributed by atoms with Crippen molar-refractivity contribution in [3.8, 4) is 0 Å². The summed E-state index contributed by atoms with van der Waals surface area (Å²) < 4.78 is 0. The average molecular weight is 399 g/mol. The van der Waals surface area contributed by atoms with E-state index in [1.54, 1.807) is 38.1 Å². The van der Waals surface area contributed by atoms with Gasteiger partial charge in [-0.1, -0.05) is 41.4 Å². The second-order valence-corrected chi connectivity index (χ2v) is 6.24. The van der Waals surface area contributed by atoms with Gasteiger partial charge in [0.15, 0.2) is 0 Å². The molecule has 2 rings (SSSR count). The van der Waals surface area contributed by atoms with Crippen molar-refractivity contribution in [1.29, 1.82) is 0 Å². The van der Waals surface area contributed by atoms with Gasteiger partial charge < -0.3 is 21.7 Å². The van der Waals surface area contributed by atoms with Gasteiger partial charge in [-0.3, -0.25) is 0 Å². The van der Waals surface area contributed by atoms with Gasteiger partial charge in [0.2, 0.25) is 0 Å². The third-order valence-corrected chi connectivity index (χ3v) is 4.57. The highest BCUT2D eigenvalue weighted by Crippen LogP contribution is 2.24. The number of halogens is 2. The zero-order valence-corrected chi connectivity index (χ0v) is 15.9. The number of nitrogens with two attached hydrogens (primary N) is 2. The van der Waals surface area contributed by atoms with Crippen molar-refractivity contribution in [3.63, 3.8) is 0 Å². The van der Waals surface area contributed by atoms with E-state index in [0.717, 1.165) is 5.56 Å². The molecule has 0 heterocycles. The minimum atomic E-state index is -1.02. The predicted molar refractivity (Wildman–Crippen MR) is 102 cm³/mol. The van der Waals surface area contributed by atoms with E-state index in [0.29, 0.717) is 23.2 Å². The molecular formula is C18H20Cl2N2O4. The molecule has 0 aliphatic carbocycles. The minimum Gasteiger partial charge on any atom is -0.478 e. The van der Waals surface area contributed by atoms with Gasteiger partial charge >= 0.3 is 11.9 Å². The van der Waals surface area contributed by atoms with Crippen LogP contribution in [0.2, 0.25) is 10.0 Å². The highest BCUT2D eigenvalue weighted by molar-refractivity contribution is 6.34. The van der Waals surface area contributed by atoms with E-state index < -0.39 is 11.9 Å². The Hall–Kier alpha value is -2.12. The molecule has 0 spiro atoms. The Kier molecular flexibility index (Phi) is 8.05. The topological polar surface area (TPSA) is 127 Å². The van der Waals surface area contributed by atoms with E-state index in [4.69, 9.17) is 44.9 Å².